The molecule has 3 aromatic heterocycles. The summed E-state index contributed by atoms with van der Waals surface area (Å²) in [7, 11) is -2.49. The fourth-order valence-corrected chi connectivity index (χ4v) is 5.58. The Morgan fingerprint density at radius 3 is 2.47 bits per heavy atom. The van der Waals surface area contributed by atoms with Crippen molar-refractivity contribution in [3.63, 3.8) is 0 Å². The zero-order chi connectivity index (χ0) is 26.9. The predicted octanol–water partition coefficient (Wildman–Crippen LogP) is 5.42. The van der Waals surface area contributed by atoms with Crippen LogP contribution >= 0.6 is 15.9 Å². The van der Waals surface area contributed by atoms with Crippen LogP contribution in [0, 0.1) is 5.95 Å². The maximum Gasteiger partial charge on any atom is 0.269 e. The number of aromatic nitrogens is 3. The van der Waals surface area contributed by atoms with E-state index >= 15 is 4.39 Å². The van der Waals surface area contributed by atoms with Crippen LogP contribution in [0.4, 0.5) is 10.2 Å². The summed E-state index contributed by atoms with van der Waals surface area (Å²) in [4.78, 5) is 21.6. The number of fused-ring (bicyclic) bond motifs is 1. The van der Waals surface area contributed by atoms with Gasteiger partial charge in [-0.05, 0) is 64.0 Å². The zero-order valence-electron chi connectivity index (χ0n) is 19.9. The van der Waals surface area contributed by atoms with Crippen molar-refractivity contribution >= 4 is 48.6 Å². The highest BCUT2D eigenvalue weighted by Crippen LogP contribution is 2.29. The fraction of sp³-hybridized carbons (Fsp3) is 0.0741. The van der Waals surface area contributed by atoms with Gasteiger partial charge in [0.15, 0.2) is 11.4 Å². The zero-order valence-corrected chi connectivity index (χ0v) is 22.3. The first-order chi connectivity index (χ1) is 18.3. The molecule has 3 heterocycles. The SMILES string of the molecule is COc1ccc(CNc2ccc(C(=O)c3cn(S(=O)(=O)c4ccccc4)c4ncc(Br)cc34)c(F)n2)cc1. The van der Waals surface area contributed by atoms with Crippen LogP contribution < -0.4 is 10.1 Å². The van der Waals surface area contributed by atoms with E-state index in [2.05, 4.69) is 31.2 Å². The summed E-state index contributed by atoms with van der Waals surface area (Å²) in [6.07, 6.45) is 2.60. The number of benzene rings is 2. The molecule has 0 unspecified atom stereocenters. The summed E-state index contributed by atoms with van der Waals surface area (Å²) in [5.74, 6) is -0.734. The van der Waals surface area contributed by atoms with Crippen LogP contribution in [0.1, 0.15) is 21.5 Å². The molecule has 0 saturated heterocycles. The van der Waals surface area contributed by atoms with Gasteiger partial charge in [-0.2, -0.15) is 4.39 Å². The van der Waals surface area contributed by atoms with Crippen molar-refractivity contribution in [2.45, 2.75) is 11.4 Å². The standard InChI is InChI=1S/C27H20BrFN4O4S/c1-37-19-9-7-17(8-10-19)14-30-24-12-11-21(26(29)32-24)25(34)23-16-33(27-22(23)13-18(28)15-31-27)38(35,36)20-5-3-2-4-6-20/h2-13,15-16H,14H2,1H3,(H,30,32). The molecule has 38 heavy (non-hydrogen) atoms. The molecular formula is C27H20BrFN4O4S. The first kappa shape index (κ1) is 25.6. The number of anilines is 1. The number of hydrogen-bond donors (Lipinski definition) is 1. The van der Waals surface area contributed by atoms with Gasteiger partial charge >= 0.3 is 0 Å². The molecule has 0 amide bonds. The molecule has 192 valence electrons. The van der Waals surface area contributed by atoms with E-state index < -0.39 is 21.8 Å². The second-order valence-corrected chi connectivity index (χ2v) is 11.0. The van der Waals surface area contributed by atoms with E-state index in [1.807, 2.05) is 24.3 Å². The first-order valence-corrected chi connectivity index (χ1v) is 13.6. The summed E-state index contributed by atoms with van der Waals surface area (Å²) in [5, 5.41) is 3.28. The van der Waals surface area contributed by atoms with Gasteiger partial charge in [-0.25, -0.2) is 22.4 Å². The summed E-state index contributed by atoms with van der Waals surface area (Å²) < 4.78 is 48.3. The summed E-state index contributed by atoms with van der Waals surface area (Å²) in [6, 6.07) is 19.5. The highest BCUT2D eigenvalue weighted by Gasteiger charge is 2.27. The third-order valence-electron chi connectivity index (χ3n) is 5.85. The molecule has 0 spiro atoms. The Labute approximate surface area is 226 Å². The van der Waals surface area contributed by atoms with Crippen molar-refractivity contribution in [3.8, 4) is 5.75 Å². The maximum atomic E-state index is 15.1. The molecule has 0 aliphatic carbocycles. The van der Waals surface area contributed by atoms with Crippen LogP contribution in [0.2, 0.25) is 0 Å². The lowest BCUT2D eigenvalue weighted by atomic mass is 10.0. The van der Waals surface area contributed by atoms with E-state index in [0.717, 1.165) is 15.3 Å². The van der Waals surface area contributed by atoms with Crippen LogP contribution in [-0.4, -0.2) is 35.3 Å². The van der Waals surface area contributed by atoms with E-state index in [4.69, 9.17) is 4.74 Å². The minimum atomic E-state index is -4.07. The quantitative estimate of drug-likeness (QED) is 0.189. The Morgan fingerprint density at radius 2 is 1.79 bits per heavy atom. The van der Waals surface area contributed by atoms with E-state index in [1.54, 1.807) is 31.4 Å². The predicted molar refractivity (Wildman–Crippen MR) is 144 cm³/mol. The lowest BCUT2D eigenvalue weighted by molar-refractivity contribution is 0.103. The van der Waals surface area contributed by atoms with E-state index in [0.29, 0.717) is 11.0 Å². The first-order valence-electron chi connectivity index (χ1n) is 11.3. The Kier molecular flexibility index (Phi) is 6.96. The second-order valence-electron chi connectivity index (χ2n) is 8.25. The van der Waals surface area contributed by atoms with Gasteiger partial charge in [0.2, 0.25) is 5.95 Å². The molecule has 0 bridgehead atoms. The number of ketones is 1. The highest BCUT2D eigenvalue weighted by molar-refractivity contribution is 9.10. The molecular weight excluding hydrogens is 575 g/mol. The number of halogens is 2. The molecule has 0 fully saturated rings. The summed E-state index contributed by atoms with van der Waals surface area (Å²) >= 11 is 3.31. The lowest BCUT2D eigenvalue weighted by Gasteiger charge is -2.08. The topological polar surface area (TPSA) is 103 Å². The molecule has 5 rings (SSSR count). The second kappa shape index (κ2) is 10.3. The van der Waals surface area contributed by atoms with Gasteiger partial charge in [-0.3, -0.25) is 4.79 Å². The third kappa shape index (κ3) is 4.90. The molecule has 8 nitrogen and oxygen atoms in total. The number of carbonyl (C=O) groups excluding carboxylic acids is 1. The number of nitrogens with zero attached hydrogens (tertiary/aromatic N) is 3. The highest BCUT2D eigenvalue weighted by atomic mass is 79.9. The van der Waals surface area contributed by atoms with E-state index in [-0.39, 0.29) is 32.9 Å². The van der Waals surface area contributed by atoms with Gasteiger partial charge in [0.25, 0.3) is 10.0 Å². The van der Waals surface area contributed by atoms with Crippen LogP contribution in [0.25, 0.3) is 11.0 Å². The van der Waals surface area contributed by atoms with Crippen molar-refractivity contribution in [2.24, 2.45) is 0 Å². The fourth-order valence-electron chi connectivity index (χ4n) is 3.91. The van der Waals surface area contributed by atoms with Crippen molar-refractivity contribution in [3.05, 3.63) is 112 Å². The Balaban J connectivity index is 1.47. The van der Waals surface area contributed by atoms with Crippen LogP contribution in [0.15, 0.2) is 94.6 Å². The van der Waals surface area contributed by atoms with Crippen LogP contribution in [0.5, 0.6) is 5.75 Å². The Bertz CT molecular complexity index is 1760. The van der Waals surface area contributed by atoms with Crippen molar-refractivity contribution in [2.75, 3.05) is 12.4 Å². The summed E-state index contributed by atoms with van der Waals surface area (Å²) in [6.45, 7) is 0.383. The van der Waals surface area contributed by atoms with Crippen molar-refractivity contribution in [1.29, 1.82) is 0 Å². The minimum Gasteiger partial charge on any atom is -0.497 e. The van der Waals surface area contributed by atoms with Gasteiger partial charge in [0.05, 0.1) is 23.1 Å². The average Bonchev–Trinajstić information content (AvgIpc) is 3.32. The number of ether oxygens (including phenoxy) is 1. The number of methoxy groups -OCH3 is 1. The van der Waals surface area contributed by atoms with Crippen molar-refractivity contribution in [1.82, 2.24) is 13.9 Å². The average molecular weight is 595 g/mol. The number of nitrogens with one attached hydrogen (secondary N) is 1. The third-order valence-corrected chi connectivity index (χ3v) is 7.95. The molecule has 0 aliphatic rings. The Morgan fingerprint density at radius 1 is 1.05 bits per heavy atom. The molecule has 5 aromatic rings. The van der Waals surface area contributed by atoms with E-state index in [9.17, 15) is 13.2 Å². The molecule has 0 atom stereocenters. The number of hydrogen-bond acceptors (Lipinski definition) is 7. The molecule has 11 heteroatoms. The molecule has 2 aromatic carbocycles. The van der Waals surface area contributed by atoms with Gasteiger partial charge in [-0.15, -0.1) is 0 Å². The largest absolute Gasteiger partial charge is 0.497 e. The molecule has 0 radical (unpaired) electrons. The number of pyridine rings is 2. The maximum absolute atomic E-state index is 15.1. The molecule has 0 saturated carbocycles. The smallest absolute Gasteiger partial charge is 0.269 e. The van der Waals surface area contributed by atoms with Gasteiger partial charge in [0, 0.05) is 28.8 Å². The minimum absolute atomic E-state index is 0.0204. The molecule has 1 N–H and O–H groups in total. The molecule has 0 aliphatic heterocycles. The van der Waals surface area contributed by atoms with Gasteiger partial charge in [-0.1, -0.05) is 30.3 Å². The van der Waals surface area contributed by atoms with Gasteiger partial charge < -0.3 is 10.1 Å². The number of carbonyl (C=O) groups is 1. The van der Waals surface area contributed by atoms with Crippen LogP contribution in [-0.2, 0) is 16.6 Å². The normalized spacial score (nSPS) is 11.4. The van der Waals surface area contributed by atoms with Crippen molar-refractivity contribution < 1.29 is 22.3 Å². The van der Waals surface area contributed by atoms with Crippen LogP contribution in [0.3, 0.4) is 0 Å². The number of rotatable bonds is 8. The lowest BCUT2D eigenvalue weighted by Crippen LogP contribution is -2.12. The van der Waals surface area contributed by atoms with E-state index in [1.165, 1.54) is 36.7 Å². The monoisotopic (exact) mass is 594 g/mol. The van der Waals surface area contributed by atoms with Gasteiger partial charge in [0.1, 0.15) is 11.6 Å². The Hall–Kier alpha value is -4.09. The summed E-state index contributed by atoms with van der Waals surface area (Å²) in [5.41, 5.74) is 0.661.